The van der Waals surface area contributed by atoms with E-state index < -0.39 is 17.7 Å². The second-order valence-electron chi connectivity index (χ2n) is 8.47. The zero-order valence-corrected chi connectivity index (χ0v) is 21.0. The van der Waals surface area contributed by atoms with Crippen LogP contribution >= 0.6 is 11.3 Å². The molecule has 1 saturated heterocycles. The minimum atomic E-state index is -0.955. The Morgan fingerprint density at radius 2 is 1.84 bits per heavy atom. The van der Waals surface area contributed by atoms with Crippen LogP contribution in [0.15, 0.2) is 72.3 Å². The van der Waals surface area contributed by atoms with Gasteiger partial charge in [0.2, 0.25) is 0 Å². The minimum absolute atomic E-state index is 0.0357. The third kappa shape index (κ3) is 4.49. The van der Waals surface area contributed by atoms with Crippen molar-refractivity contribution in [3.63, 3.8) is 0 Å². The van der Waals surface area contributed by atoms with Gasteiger partial charge in [0.15, 0.2) is 5.13 Å². The number of Topliss-reactive ketones (excluding diaryl/α,β-unsaturated/α-hetero) is 1. The van der Waals surface area contributed by atoms with Gasteiger partial charge in [-0.1, -0.05) is 42.5 Å². The summed E-state index contributed by atoms with van der Waals surface area (Å²) in [6.07, 6.45) is 0.816. The smallest absolute Gasteiger partial charge is 0.301 e. The topological polar surface area (TPSA) is 109 Å². The van der Waals surface area contributed by atoms with Crippen LogP contribution in [-0.4, -0.2) is 40.6 Å². The molecule has 0 radical (unpaired) electrons. The number of amides is 1. The molecule has 2 N–H and O–H groups in total. The Hall–Kier alpha value is -4.37. The first-order valence-corrected chi connectivity index (χ1v) is 12.5. The highest BCUT2D eigenvalue weighted by molar-refractivity contribution is 7.22. The first kappa shape index (κ1) is 24.3. The van der Waals surface area contributed by atoms with Crippen molar-refractivity contribution < 1.29 is 29.3 Å². The van der Waals surface area contributed by atoms with Crippen LogP contribution in [-0.2, 0) is 9.59 Å². The fraction of sp³-hybridized carbons (Fsp3) is 0.179. The molecule has 1 fully saturated rings. The summed E-state index contributed by atoms with van der Waals surface area (Å²) in [6, 6.07) is 17.3. The van der Waals surface area contributed by atoms with Crippen molar-refractivity contribution in [2.75, 3.05) is 18.6 Å². The summed E-state index contributed by atoms with van der Waals surface area (Å²) in [5, 5.41) is 21.5. The Morgan fingerprint density at radius 1 is 1.05 bits per heavy atom. The number of fused-ring (bicyclic) bond motifs is 1. The number of nitrogens with zero attached hydrogens (tertiary/aromatic N) is 2. The molecule has 0 spiro atoms. The number of ketones is 1. The highest BCUT2D eigenvalue weighted by atomic mass is 32.1. The van der Waals surface area contributed by atoms with E-state index in [-0.39, 0.29) is 17.1 Å². The van der Waals surface area contributed by atoms with Gasteiger partial charge >= 0.3 is 5.91 Å². The average Bonchev–Trinajstić information content (AvgIpc) is 3.45. The van der Waals surface area contributed by atoms with Crippen LogP contribution in [0.4, 0.5) is 5.13 Å². The quantitative estimate of drug-likeness (QED) is 0.192. The maximum Gasteiger partial charge on any atom is 0.301 e. The number of aliphatic hydroxyl groups is 1. The van der Waals surface area contributed by atoms with Crippen molar-refractivity contribution in [3.8, 4) is 17.2 Å². The number of aromatic hydroxyl groups is 1. The molecule has 1 aliphatic heterocycles. The summed E-state index contributed by atoms with van der Waals surface area (Å²) in [6.45, 7) is 2.49. The number of methoxy groups -OCH3 is 1. The van der Waals surface area contributed by atoms with Crippen LogP contribution in [0.1, 0.15) is 30.5 Å². The summed E-state index contributed by atoms with van der Waals surface area (Å²) in [5.41, 5.74) is 1.46. The highest BCUT2D eigenvalue weighted by Gasteiger charge is 2.48. The van der Waals surface area contributed by atoms with Crippen LogP contribution in [0.3, 0.4) is 0 Å². The van der Waals surface area contributed by atoms with Gasteiger partial charge in [-0.2, -0.15) is 0 Å². The van der Waals surface area contributed by atoms with Crippen LogP contribution in [0.2, 0.25) is 0 Å². The van der Waals surface area contributed by atoms with E-state index in [0.29, 0.717) is 39.9 Å². The van der Waals surface area contributed by atoms with E-state index >= 15 is 0 Å². The van der Waals surface area contributed by atoms with Gasteiger partial charge in [-0.15, -0.1) is 0 Å². The lowest BCUT2D eigenvalue weighted by Crippen LogP contribution is -2.29. The third-order valence-electron chi connectivity index (χ3n) is 6.02. The van der Waals surface area contributed by atoms with E-state index in [4.69, 9.17) is 9.47 Å². The Bertz CT molecular complexity index is 1530. The fourth-order valence-corrected chi connectivity index (χ4v) is 5.25. The van der Waals surface area contributed by atoms with Crippen molar-refractivity contribution in [3.05, 3.63) is 83.4 Å². The highest BCUT2D eigenvalue weighted by Crippen LogP contribution is 2.45. The number of aliphatic hydroxyl groups excluding tert-OH is 1. The minimum Gasteiger partial charge on any atom is -0.508 e. The van der Waals surface area contributed by atoms with Crippen LogP contribution in [0.5, 0.6) is 17.2 Å². The number of thiazole rings is 1. The predicted molar refractivity (Wildman–Crippen MR) is 141 cm³/mol. The molecular weight excluding hydrogens is 492 g/mol. The molecule has 0 saturated carbocycles. The number of carbonyl (C=O) groups is 2. The Balaban J connectivity index is 1.67. The Labute approximate surface area is 217 Å². The van der Waals surface area contributed by atoms with Crippen LogP contribution in [0.25, 0.3) is 16.0 Å². The number of ether oxygens (including phenoxy) is 2. The third-order valence-corrected chi connectivity index (χ3v) is 7.04. The van der Waals surface area contributed by atoms with Gasteiger partial charge in [0.1, 0.15) is 23.0 Å². The maximum absolute atomic E-state index is 13.4. The van der Waals surface area contributed by atoms with Gasteiger partial charge in [-0.3, -0.25) is 14.5 Å². The lowest BCUT2D eigenvalue weighted by atomic mass is 9.95. The number of aromatic nitrogens is 1. The van der Waals surface area contributed by atoms with Gasteiger partial charge in [0.25, 0.3) is 5.78 Å². The van der Waals surface area contributed by atoms with E-state index in [1.165, 1.54) is 28.4 Å². The lowest BCUT2D eigenvalue weighted by Gasteiger charge is -2.23. The van der Waals surface area contributed by atoms with E-state index in [9.17, 15) is 19.8 Å². The standard InChI is InChI=1S/C28H24N2O6S/c1-3-13-36-20-6-4-5-17(14-20)25(32)23-24(16-7-9-18(31)10-8-16)30(27(34)26(23)33)28-29-21-12-11-19(35-2)15-22(21)37-28/h4-12,14-15,24,31-32H,3,13H2,1-2H3. The summed E-state index contributed by atoms with van der Waals surface area (Å²) < 4.78 is 11.8. The summed E-state index contributed by atoms with van der Waals surface area (Å²) in [7, 11) is 1.56. The number of hydrogen-bond acceptors (Lipinski definition) is 8. The second kappa shape index (κ2) is 9.94. The number of rotatable bonds is 7. The van der Waals surface area contributed by atoms with E-state index in [1.54, 1.807) is 55.6 Å². The molecule has 3 aromatic carbocycles. The first-order valence-electron chi connectivity index (χ1n) is 11.7. The average molecular weight is 517 g/mol. The molecule has 1 amide bonds. The molecule has 9 heteroatoms. The van der Waals surface area contributed by atoms with Gasteiger partial charge in [-0.25, -0.2) is 4.98 Å². The molecule has 1 atom stereocenters. The predicted octanol–water partition coefficient (Wildman–Crippen LogP) is 5.43. The number of carbonyl (C=O) groups excluding carboxylic acids is 2. The lowest BCUT2D eigenvalue weighted by molar-refractivity contribution is -0.132. The second-order valence-corrected chi connectivity index (χ2v) is 9.48. The molecule has 37 heavy (non-hydrogen) atoms. The Morgan fingerprint density at radius 3 is 2.57 bits per heavy atom. The molecule has 1 aliphatic rings. The van der Waals surface area contributed by atoms with E-state index in [2.05, 4.69) is 4.98 Å². The molecule has 1 aromatic heterocycles. The van der Waals surface area contributed by atoms with Gasteiger partial charge in [0, 0.05) is 5.56 Å². The molecule has 0 aliphatic carbocycles. The maximum atomic E-state index is 13.4. The molecule has 1 unspecified atom stereocenters. The van der Waals surface area contributed by atoms with E-state index in [1.807, 2.05) is 13.0 Å². The van der Waals surface area contributed by atoms with E-state index in [0.717, 1.165) is 11.1 Å². The fourth-order valence-electron chi connectivity index (χ4n) is 4.23. The van der Waals surface area contributed by atoms with Crippen LogP contribution < -0.4 is 14.4 Å². The summed E-state index contributed by atoms with van der Waals surface area (Å²) in [5.74, 6) is -0.722. The number of anilines is 1. The summed E-state index contributed by atoms with van der Waals surface area (Å²) in [4.78, 5) is 32.7. The zero-order chi connectivity index (χ0) is 26.1. The van der Waals surface area contributed by atoms with Crippen molar-refractivity contribution in [1.82, 2.24) is 4.98 Å². The molecule has 0 bridgehead atoms. The number of benzene rings is 3. The molecule has 8 nitrogen and oxygen atoms in total. The number of hydrogen-bond donors (Lipinski definition) is 2. The van der Waals surface area contributed by atoms with Crippen molar-refractivity contribution >= 4 is 44.1 Å². The van der Waals surface area contributed by atoms with Gasteiger partial charge in [-0.05, 0) is 54.4 Å². The molecular formula is C28H24N2O6S. The monoisotopic (exact) mass is 516 g/mol. The molecule has 4 aromatic rings. The largest absolute Gasteiger partial charge is 0.508 e. The Kier molecular flexibility index (Phi) is 6.54. The number of phenolic OH excluding ortho intramolecular Hbond substituents is 1. The molecule has 2 heterocycles. The zero-order valence-electron chi connectivity index (χ0n) is 20.2. The SMILES string of the molecule is CCCOc1cccc(C(O)=C2C(=O)C(=O)N(c3nc4ccc(OC)cc4s3)C2c2ccc(O)cc2)c1. The number of phenols is 1. The van der Waals surface area contributed by atoms with Crippen molar-refractivity contribution in [2.45, 2.75) is 19.4 Å². The summed E-state index contributed by atoms with van der Waals surface area (Å²) >= 11 is 1.24. The van der Waals surface area contributed by atoms with Crippen LogP contribution in [0, 0.1) is 0 Å². The molecule has 188 valence electrons. The van der Waals surface area contributed by atoms with Crippen molar-refractivity contribution in [1.29, 1.82) is 0 Å². The van der Waals surface area contributed by atoms with Gasteiger partial charge < -0.3 is 19.7 Å². The normalized spacial score (nSPS) is 16.9. The molecule has 5 rings (SSSR count). The van der Waals surface area contributed by atoms with Gasteiger partial charge in [0.05, 0.1) is 35.5 Å². The first-order chi connectivity index (χ1) is 17.9. The van der Waals surface area contributed by atoms with Crippen molar-refractivity contribution in [2.24, 2.45) is 0 Å².